The molecule has 4 bridgehead atoms. The summed E-state index contributed by atoms with van der Waals surface area (Å²) in [5.74, 6) is 0.0444. The molecule has 4 aliphatic carbocycles. The Hall–Kier alpha value is -1.30. The van der Waals surface area contributed by atoms with Crippen LogP contribution in [0.3, 0.4) is 0 Å². The number of hydrogen-bond donors (Lipinski definition) is 2. The molecule has 0 aliphatic heterocycles. The van der Waals surface area contributed by atoms with E-state index in [0.29, 0.717) is 24.8 Å². The molecule has 2 atom stereocenters. The summed E-state index contributed by atoms with van der Waals surface area (Å²) < 4.78 is 5.25. The second kappa shape index (κ2) is 6.54. The third-order valence-corrected chi connectivity index (χ3v) is 5.99. The molecular weight excluding hydrogens is 332 g/mol. The SMILES string of the molecule is CCCNC(=O)NC(=O)COC(=O)C12C[C@H]3C[C@@H](CC(Cl)(C3)C1)C2. The summed E-state index contributed by atoms with van der Waals surface area (Å²) in [7, 11) is 0. The van der Waals surface area contributed by atoms with Crippen LogP contribution < -0.4 is 10.6 Å². The van der Waals surface area contributed by atoms with Gasteiger partial charge >= 0.3 is 12.0 Å². The van der Waals surface area contributed by atoms with Crippen molar-refractivity contribution in [1.82, 2.24) is 10.6 Å². The molecule has 0 aromatic carbocycles. The van der Waals surface area contributed by atoms with Crippen molar-refractivity contribution in [3.63, 3.8) is 0 Å². The van der Waals surface area contributed by atoms with Gasteiger partial charge in [-0.1, -0.05) is 6.92 Å². The number of alkyl halides is 1. The second-order valence-electron chi connectivity index (χ2n) is 7.77. The highest BCUT2D eigenvalue weighted by Gasteiger charge is 2.60. The molecule has 4 saturated carbocycles. The van der Waals surface area contributed by atoms with Crippen LogP contribution in [0.25, 0.3) is 0 Å². The maximum absolute atomic E-state index is 12.6. The maximum Gasteiger partial charge on any atom is 0.321 e. The number of imide groups is 1. The van der Waals surface area contributed by atoms with Crippen molar-refractivity contribution < 1.29 is 19.1 Å². The zero-order chi connectivity index (χ0) is 17.4. The van der Waals surface area contributed by atoms with Gasteiger partial charge < -0.3 is 10.1 Å². The van der Waals surface area contributed by atoms with E-state index in [1.165, 1.54) is 0 Å². The molecule has 0 heterocycles. The van der Waals surface area contributed by atoms with Crippen LogP contribution in [-0.4, -0.2) is 35.9 Å². The number of carbonyl (C=O) groups is 3. The molecule has 0 unspecified atom stereocenters. The molecule has 24 heavy (non-hydrogen) atoms. The van der Waals surface area contributed by atoms with Crippen molar-refractivity contribution in [2.24, 2.45) is 17.3 Å². The molecule has 0 saturated heterocycles. The van der Waals surface area contributed by atoms with Gasteiger partial charge in [-0.2, -0.15) is 0 Å². The lowest BCUT2D eigenvalue weighted by Crippen LogP contribution is -2.56. The van der Waals surface area contributed by atoms with Gasteiger partial charge in [0, 0.05) is 11.4 Å². The molecule has 0 radical (unpaired) electrons. The van der Waals surface area contributed by atoms with Crippen LogP contribution in [0.5, 0.6) is 0 Å². The maximum atomic E-state index is 12.6. The first-order valence-electron chi connectivity index (χ1n) is 8.78. The number of esters is 1. The quantitative estimate of drug-likeness (QED) is 0.585. The Morgan fingerprint density at radius 2 is 1.83 bits per heavy atom. The van der Waals surface area contributed by atoms with Crippen LogP contribution in [0.4, 0.5) is 4.79 Å². The molecule has 4 fully saturated rings. The van der Waals surface area contributed by atoms with E-state index in [1.54, 1.807) is 0 Å². The number of nitrogens with one attached hydrogen (secondary N) is 2. The van der Waals surface area contributed by atoms with Crippen LogP contribution in [0.15, 0.2) is 0 Å². The first-order valence-corrected chi connectivity index (χ1v) is 9.16. The lowest BCUT2D eigenvalue weighted by molar-refractivity contribution is -0.171. The number of halogens is 1. The van der Waals surface area contributed by atoms with E-state index in [4.69, 9.17) is 16.3 Å². The van der Waals surface area contributed by atoms with Gasteiger partial charge in [-0.05, 0) is 56.8 Å². The highest BCUT2D eigenvalue weighted by molar-refractivity contribution is 6.24. The van der Waals surface area contributed by atoms with Gasteiger partial charge in [0.2, 0.25) is 0 Å². The standard InChI is InChI=1S/C17H25ClN2O4/c1-2-3-19-15(23)20-13(21)9-24-14(22)16-5-11-4-12(6-16)8-17(18,7-11)10-16/h11-12H,2-10H2,1H3,(H2,19,20,21,23)/t11-,12-,16?,17?/m1/s1. The molecule has 7 heteroatoms. The minimum Gasteiger partial charge on any atom is -0.455 e. The van der Waals surface area contributed by atoms with Crippen molar-refractivity contribution in [2.45, 2.75) is 56.7 Å². The van der Waals surface area contributed by atoms with E-state index >= 15 is 0 Å². The van der Waals surface area contributed by atoms with Gasteiger partial charge in [-0.25, -0.2) is 4.79 Å². The van der Waals surface area contributed by atoms with Crippen molar-refractivity contribution in [3.8, 4) is 0 Å². The van der Waals surface area contributed by atoms with Crippen molar-refractivity contribution in [1.29, 1.82) is 0 Å². The van der Waals surface area contributed by atoms with Crippen molar-refractivity contribution in [3.05, 3.63) is 0 Å². The number of rotatable bonds is 5. The van der Waals surface area contributed by atoms with Gasteiger partial charge in [0.25, 0.3) is 5.91 Å². The number of amides is 3. The van der Waals surface area contributed by atoms with Gasteiger partial charge in [-0.15, -0.1) is 11.6 Å². The largest absolute Gasteiger partial charge is 0.455 e. The molecule has 4 aliphatic rings. The summed E-state index contributed by atoms with van der Waals surface area (Å²) in [6.07, 6.45) is 6.18. The van der Waals surface area contributed by atoms with E-state index < -0.39 is 24.0 Å². The lowest BCUT2D eigenvalue weighted by Gasteiger charge is -2.58. The fourth-order valence-electron chi connectivity index (χ4n) is 5.12. The number of urea groups is 1. The zero-order valence-corrected chi connectivity index (χ0v) is 14.8. The van der Waals surface area contributed by atoms with E-state index in [9.17, 15) is 14.4 Å². The molecule has 6 nitrogen and oxygen atoms in total. The normalized spacial score (nSPS) is 36.2. The van der Waals surface area contributed by atoms with Crippen LogP contribution in [0, 0.1) is 17.3 Å². The monoisotopic (exact) mass is 356 g/mol. The Morgan fingerprint density at radius 3 is 2.42 bits per heavy atom. The van der Waals surface area contributed by atoms with Gasteiger partial charge in [0.1, 0.15) is 0 Å². The van der Waals surface area contributed by atoms with E-state index in [1.807, 2.05) is 6.92 Å². The average molecular weight is 357 g/mol. The summed E-state index contributed by atoms with van der Waals surface area (Å²) in [5.41, 5.74) is -0.531. The Kier molecular flexibility index (Phi) is 4.78. The zero-order valence-electron chi connectivity index (χ0n) is 14.0. The topological polar surface area (TPSA) is 84.5 Å². The Morgan fingerprint density at radius 1 is 1.17 bits per heavy atom. The molecule has 134 valence electrons. The third-order valence-electron chi connectivity index (χ3n) is 5.55. The van der Waals surface area contributed by atoms with E-state index in [0.717, 1.165) is 38.5 Å². The second-order valence-corrected chi connectivity index (χ2v) is 8.57. The predicted molar refractivity (Wildman–Crippen MR) is 88.5 cm³/mol. The minimum atomic E-state index is -0.609. The van der Waals surface area contributed by atoms with E-state index in [-0.39, 0.29) is 10.8 Å². The third kappa shape index (κ3) is 3.53. The fraction of sp³-hybridized carbons (Fsp3) is 0.824. The first-order chi connectivity index (χ1) is 11.3. The molecule has 3 amide bonds. The Balaban J connectivity index is 1.52. The summed E-state index contributed by atoms with van der Waals surface area (Å²) in [4.78, 5) is 35.5. The molecular formula is C17H25ClN2O4. The Labute approximate surface area is 147 Å². The first kappa shape index (κ1) is 17.5. The van der Waals surface area contributed by atoms with Crippen molar-refractivity contribution >= 4 is 29.5 Å². The van der Waals surface area contributed by atoms with Crippen LogP contribution in [0.2, 0.25) is 0 Å². The van der Waals surface area contributed by atoms with Crippen LogP contribution in [-0.2, 0) is 14.3 Å². The van der Waals surface area contributed by atoms with Gasteiger partial charge in [0.15, 0.2) is 6.61 Å². The minimum absolute atomic E-state index is 0.272. The number of carbonyl (C=O) groups excluding carboxylic acids is 3. The Bertz CT molecular complexity index is 537. The average Bonchev–Trinajstić information content (AvgIpc) is 2.48. The summed E-state index contributed by atoms with van der Waals surface area (Å²) in [5, 5.41) is 4.69. The molecule has 2 N–H and O–H groups in total. The summed E-state index contributed by atoms with van der Waals surface area (Å²) in [6, 6.07) is -0.563. The van der Waals surface area contributed by atoms with Gasteiger partial charge in [0.05, 0.1) is 5.41 Å². The van der Waals surface area contributed by atoms with Crippen molar-refractivity contribution in [2.75, 3.05) is 13.2 Å². The molecule has 0 aromatic rings. The van der Waals surface area contributed by atoms with Crippen LogP contribution >= 0.6 is 11.6 Å². The van der Waals surface area contributed by atoms with Gasteiger partial charge in [-0.3, -0.25) is 14.9 Å². The predicted octanol–water partition coefficient (Wildman–Crippen LogP) is 2.34. The molecule has 4 rings (SSSR count). The molecule has 0 aromatic heterocycles. The number of hydrogen-bond acceptors (Lipinski definition) is 4. The van der Waals surface area contributed by atoms with E-state index in [2.05, 4.69) is 10.6 Å². The lowest BCUT2D eigenvalue weighted by atomic mass is 9.49. The summed E-state index contributed by atoms with van der Waals surface area (Å²) in [6.45, 7) is 1.98. The summed E-state index contributed by atoms with van der Waals surface area (Å²) >= 11 is 6.70. The highest BCUT2D eigenvalue weighted by Crippen LogP contribution is 2.64. The fourth-order valence-corrected chi connectivity index (χ4v) is 5.81. The highest BCUT2D eigenvalue weighted by atomic mass is 35.5. The number of ether oxygens (including phenoxy) is 1. The molecule has 0 spiro atoms. The van der Waals surface area contributed by atoms with Crippen LogP contribution in [0.1, 0.15) is 51.9 Å². The smallest absolute Gasteiger partial charge is 0.321 e.